The summed E-state index contributed by atoms with van der Waals surface area (Å²) in [7, 11) is 0. The number of hydrogen-bond acceptors (Lipinski definition) is 1. The van der Waals surface area contributed by atoms with Crippen LogP contribution < -0.4 is 0 Å². The second-order valence-corrected chi connectivity index (χ2v) is 5.87. The topological polar surface area (TPSA) is 3.24 Å². The molecular formula is C18H28N. The summed E-state index contributed by atoms with van der Waals surface area (Å²) in [4.78, 5) is 2.43. The van der Waals surface area contributed by atoms with E-state index in [1.807, 2.05) is 6.07 Å². The van der Waals surface area contributed by atoms with Gasteiger partial charge in [0.15, 0.2) is 0 Å². The molecule has 0 aromatic heterocycles. The molecule has 1 radical (unpaired) electrons. The summed E-state index contributed by atoms with van der Waals surface area (Å²) < 4.78 is 0. The van der Waals surface area contributed by atoms with Gasteiger partial charge in [0, 0.05) is 13.1 Å². The summed E-state index contributed by atoms with van der Waals surface area (Å²) in [5.41, 5.74) is 4.04. The van der Waals surface area contributed by atoms with E-state index < -0.39 is 0 Å². The van der Waals surface area contributed by atoms with Crippen molar-refractivity contribution in [3.63, 3.8) is 0 Å². The Balaban J connectivity index is 2.72. The van der Waals surface area contributed by atoms with E-state index in [1.54, 1.807) is 0 Å². The zero-order chi connectivity index (χ0) is 14.3. The SMILES string of the molecule is C=C(C)CN(CC)Cc1ccc[c]c1CCC(C)C. The second kappa shape index (κ2) is 8.16. The molecular weight excluding hydrogens is 230 g/mol. The Bertz CT molecular complexity index is 392. The summed E-state index contributed by atoms with van der Waals surface area (Å²) >= 11 is 0. The van der Waals surface area contributed by atoms with Gasteiger partial charge in [-0.05, 0) is 49.4 Å². The molecule has 0 N–H and O–H groups in total. The van der Waals surface area contributed by atoms with E-state index in [4.69, 9.17) is 0 Å². The average Bonchev–Trinajstić information content (AvgIpc) is 2.36. The van der Waals surface area contributed by atoms with Crippen LogP contribution in [0.3, 0.4) is 0 Å². The Labute approximate surface area is 119 Å². The Morgan fingerprint density at radius 2 is 2.16 bits per heavy atom. The van der Waals surface area contributed by atoms with Crippen molar-refractivity contribution in [1.29, 1.82) is 0 Å². The predicted molar refractivity (Wildman–Crippen MR) is 84.2 cm³/mol. The number of aryl methyl sites for hydroxylation is 1. The molecule has 0 amide bonds. The molecule has 0 saturated carbocycles. The highest BCUT2D eigenvalue weighted by atomic mass is 15.1. The smallest absolute Gasteiger partial charge is 0.0239 e. The second-order valence-electron chi connectivity index (χ2n) is 5.87. The molecule has 0 bridgehead atoms. The monoisotopic (exact) mass is 258 g/mol. The predicted octanol–water partition coefficient (Wildman–Crippen LogP) is 4.47. The van der Waals surface area contributed by atoms with Crippen LogP contribution in [0.15, 0.2) is 30.4 Å². The van der Waals surface area contributed by atoms with Crippen molar-refractivity contribution in [1.82, 2.24) is 4.90 Å². The normalized spacial score (nSPS) is 11.3. The van der Waals surface area contributed by atoms with Crippen LogP contribution >= 0.6 is 0 Å². The largest absolute Gasteiger partial charge is 0.295 e. The molecule has 0 atom stereocenters. The first-order chi connectivity index (χ1) is 9.02. The molecule has 0 fully saturated rings. The van der Waals surface area contributed by atoms with Crippen molar-refractivity contribution in [2.75, 3.05) is 13.1 Å². The number of benzene rings is 1. The first kappa shape index (κ1) is 16.0. The van der Waals surface area contributed by atoms with E-state index in [9.17, 15) is 0 Å². The molecule has 0 unspecified atom stereocenters. The van der Waals surface area contributed by atoms with Gasteiger partial charge >= 0.3 is 0 Å². The Morgan fingerprint density at radius 3 is 2.74 bits per heavy atom. The van der Waals surface area contributed by atoms with Crippen molar-refractivity contribution >= 4 is 0 Å². The standard InChI is InChI=1S/C18H28N/c1-6-19(13-16(4)5)14-18-10-8-7-9-17(18)12-11-15(2)3/h7-8,10,15H,4,6,11-14H2,1-3,5H3. The maximum atomic E-state index is 4.02. The molecule has 1 aromatic rings. The molecule has 1 aromatic carbocycles. The van der Waals surface area contributed by atoms with E-state index in [-0.39, 0.29) is 0 Å². The van der Waals surface area contributed by atoms with Crippen LogP contribution in [0.4, 0.5) is 0 Å². The molecule has 1 rings (SSSR count). The van der Waals surface area contributed by atoms with Crippen LogP contribution in [0.2, 0.25) is 0 Å². The highest BCUT2D eigenvalue weighted by molar-refractivity contribution is 5.26. The van der Waals surface area contributed by atoms with E-state index in [0.29, 0.717) is 0 Å². The number of hydrogen-bond donors (Lipinski definition) is 0. The van der Waals surface area contributed by atoms with Crippen LogP contribution in [-0.2, 0) is 13.0 Å². The molecule has 0 aliphatic heterocycles. The first-order valence-electron chi connectivity index (χ1n) is 7.38. The van der Waals surface area contributed by atoms with Crippen LogP contribution in [0.5, 0.6) is 0 Å². The first-order valence-corrected chi connectivity index (χ1v) is 7.38. The van der Waals surface area contributed by atoms with Gasteiger partial charge in [-0.25, -0.2) is 0 Å². The maximum absolute atomic E-state index is 4.02. The summed E-state index contributed by atoms with van der Waals surface area (Å²) in [6.45, 7) is 15.9. The third kappa shape index (κ3) is 6.07. The van der Waals surface area contributed by atoms with Gasteiger partial charge in [-0.1, -0.05) is 51.1 Å². The lowest BCUT2D eigenvalue weighted by Gasteiger charge is -2.22. The van der Waals surface area contributed by atoms with E-state index in [2.05, 4.69) is 57.4 Å². The average molecular weight is 258 g/mol. The zero-order valence-corrected chi connectivity index (χ0v) is 13.0. The minimum atomic E-state index is 0.749. The van der Waals surface area contributed by atoms with Gasteiger partial charge in [0.25, 0.3) is 0 Å². The summed E-state index contributed by atoms with van der Waals surface area (Å²) in [6.07, 6.45) is 2.37. The Kier molecular flexibility index (Phi) is 6.86. The highest BCUT2D eigenvalue weighted by Gasteiger charge is 2.08. The van der Waals surface area contributed by atoms with Crippen LogP contribution in [0, 0.1) is 12.0 Å². The minimum absolute atomic E-state index is 0.749. The lowest BCUT2D eigenvalue weighted by Crippen LogP contribution is -2.25. The third-order valence-electron chi connectivity index (χ3n) is 3.35. The van der Waals surface area contributed by atoms with Gasteiger partial charge in [0.2, 0.25) is 0 Å². The van der Waals surface area contributed by atoms with Gasteiger partial charge in [0.05, 0.1) is 0 Å². The van der Waals surface area contributed by atoms with Crippen molar-refractivity contribution in [2.24, 2.45) is 5.92 Å². The van der Waals surface area contributed by atoms with Crippen LogP contribution in [-0.4, -0.2) is 18.0 Å². The van der Waals surface area contributed by atoms with Crippen molar-refractivity contribution in [3.8, 4) is 0 Å². The fourth-order valence-electron chi connectivity index (χ4n) is 2.22. The molecule has 0 saturated heterocycles. The van der Waals surface area contributed by atoms with Gasteiger partial charge < -0.3 is 0 Å². The van der Waals surface area contributed by atoms with E-state index in [1.165, 1.54) is 23.1 Å². The fourth-order valence-corrected chi connectivity index (χ4v) is 2.22. The lowest BCUT2D eigenvalue weighted by molar-refractivity contribution is 0.303. The maximum Gasteiger partial charge on any atom is 0.0239 e. The van der Waals surface area contributed by atoms with Crippen LogP contribution in [0.25, 0.3) is 0 Å². The van der Waals surface area contributed by atoms with Crippen LogP contribution in [0.1, 0.15) is 45.2 Å². The van der Waals surface area contributed by atoms with Gasteiger partial charge in [0.1, 0.15) is 0 Å². The van der Waals surface area contributed by atoms with Gasteiger partial charge in [-0.3, -0.25) is 4.90 Å². The van der Waals surface area contributed by atoms with E-state index >= 15 is 0 Å². The van der Waals surface area contributed by atoms with Crippen molar-refractivity contribution in [3.05, 3.63) is 47.5 Å². The van der Waals surface area contributed by atoms with Crippen molar-refractivity contribution in [2.45, 2.75) is 47.1 Å². The molecule has 0 heterocycles. The molecule has 0 aliphatic carbocycles. The molecule has 1 heteroatoms. The summed E-state index contributed by atoms with van der Waals surface area (Å²) in [6, 6.07) is 9.81. The minimum Gasteiger partial charge on any atom is -0.295 e. The lowest BCUT2D eigenvalue weighted by atomic mass is 9.98. The fraction of sp³-hybridized carbons (Fsp3) is 0.556. The molecule has 0 aliphatic rings. The quantitative estimate of drug-likeness (QED) is 0.622. The highest BCUT2D eigenvalue weighted by Crippen LogP contribution is 2.16. The van der Waals surface area contributed by atoms with E-state index in [0.717, 1.165) is 32.0 Å². The zero-order valence-electron chi connectivity index (χ0n) is 13.0. The van der Waals surface area contributed by atoms with Gasteiger partial charge in [-0.15, -0.1) is 0 Å². The number of likely N-dealkylation sites (N-methyl/N-ethyl adjacent to an activating group) is 1. The summed E-state index contributed by atoms with van der Waals surface area (Å²) in [5, 5.41) is 0. The summed E-state index contributed by atoms with van der Waals surface area (Å²) in [5.74, 6) is 0.749. The third-order valence-corrected chi connectivity index (χ3v) is 3.35. The number of nitrogens with zero attached hydrogens (tertiary/aromatic N) is 1. The molecule has 1 nitrogen and oxygen atoms in total. The number of rotatable bonds is 8. The molecule has 0 spiro atoms. The Hall–Kier alpha value is -1.08. The Morgan fingerprint density at radius 1 is 1.42 bits per heavy atom. The molecule has 19 heavy (non-hydrogen) atoms. The van der Waals surface area contributed by atoms with Gasteiger partial charge in [-0.2, -0.15) is 0 Å². The molecule has 105 valence electrons. The van der Waals surface area contributed by atoms with Crippen molar-refractivity contribution < 1.29 is 0 Å².